The fourth-order valence-corrected chi connectivity index (χ4v) is 4.69. The van der Waals surface area contributed by atoms with Crippen molar-refractivity contribution in [2.75, 3.05) is 0 Å². The maximum atomic E-state index is 13.9. The van der Waals surface area contributed by atoms with Crippen LogP contribution in [0.4, 0.5) is 5.69 Å². The van der Waals surface area contributed by atoms with Crippen LogP contribution in [0.5, 0.6) is 5.75 Å². The van der Waals surface area contributed by atoms with E-state index in [2.05, 4.69) is 5.32 Å². The number of nitro groups is 1. The maximum absolute atomic E-state index is 13.9. The highest BCUT2D eigenvalue weighted by Crippen LogP contribution is 2.59. The molecular weight excluding hydrogens is 424 g/mol. The number of nitrogens with zero attached hydrogens (tertiary/aromatic N) is 1. The number of carbonyl (C=O) groups is 2. The van der Waals surface area contributed by atoms with Gasteiger partial charge >= 0.3 is 0 Å². The first-order chi connectivity index (χ1) is 15.7. The number of hydrogen-bond donors (Lipinski definition) is 2. The Hall–Kier alpha value is -4.04. The van der Waals surface area contributed by atoms with Gasteiger partial charge in [0.15, 0.2) is 0 Å². The minimum atomic E-state index is -2.35. The second-order valence-electron chi connectivity index (χ2n) is 8.51. The number of hydrogen-bond acceptors (Lipinski definition) is 6. The van der Waals surface area contributed by atoms with Crippen molar-refractivity contribution in [2.24, 2.45) is 0 Å². The molecule has 0 aromatic heterocycles. The highest BCUT2D eigenvalue weighted by molar-refractivity contribution is 6.15. The van der Waals surface area contributed by atoms with E-state index in [0.29, 0.717) is 0 Å². The predicted molar refractivity (Wildman–Crippen MR) is 118 cm³/mol. The Morgan fingerprint density at radius 1 is 1.06 bits per heavy atom. The molecule has 0 bridgehead atoms. The number of rotatable bonds is 4. The molecule has 0 spiro atoms. The van der Waals surface area contributed by atoms with Crippen LogP contribution in [0.3, 0.4) is 0 Å². The van der Waals surface area contributed by atoms with Gasteiger partial charge in [-0.15, -0.1) is 0 Å². The molecule has 2 atom stereocenters. The van der Waals surface area contributed by atoms with Crippen molar-refractivity contribution < 1.29 is 24.4 Å². The molecule has 3 aromatic carbocycles. The van der Waals surface area contributed by atoms with E-state index in [0.717, 1.165) is 5.56 Å². The van der Waals surface area contributed by atoms with Crippen molar-refractivity contribution in [1.82, 2.24) is 5.32 Å². The summed E-state index contributed by atoms with van der Waals surface area (Å²) in [6, 6.07) is 17.3. The van der Waals surface area contributed by atoms with E-state index in [-0.39, 0.29) is 33.9 Å². The lowest BCUT2D eigenvalue weighted by atomic mass is 9.82. The van der Waals surface area contributed by atoms with Crippen LogP contribution in [0.1, 0.15) is 57.2 Å². The Balaban J connectivity index is 1.76. The van der Waals surface area contributed by atoms with Crippen molar-refractivity contribution in [3.05, 3.63) is 105 Å². The molecule has 8 heteroatoms. The zero-order valence-electron chi connectivity index (χ0n) is 17.9. The summed E-state index contributed by atoms with van der Waals surface area (Å²) in [7, 11) is 0. The summed E-state index contributed by atoms with van der Waals surface area (Å²) < 4.78 is 5.98. The molecule has 1 heterocycles. The van der Waals surface area contributed by atoms with Crippen molar-refractivity contribution in [3.63, 3.8) is 0 Å². The molecule has 2 unspecified atom stereocenters. The standard InChI is InChI=1S/C25H20N2O6/c1-14(2)16-11-12-17-20(13-16)33-25(30)18-9-6-10-19(27(31)32)21(18)22(28)24(17,25)26-23(29)15-7-4-3-5-8-15/h3-14,30H,1-2H3,(H,26,29). The number of aliphatic hydroxyl groups is 1. The third-order valence-electron chi connectivity index (χ3n) is 6.35. The lowest BCUT2D eigenvalue weighted by Crippen LogP contribution is -2.60. The second-order valence-corrected chi connectivity index (χ2v) is 8.51. The minimum Gasteiger partial charge on any atom is -0.454 e. The molecule has 8 nitrogen and oxygen atoms in total. The highest BCUT2D eigenvalue weighted by atomic mass is 16.6. The summed E-state index contributed by atoms with van der Waals surface area (Å²) >= 11 is 0. The van der Waals surface area contributed by atoms with Gasteiger partial charge in [0.2, 0.25) is 11.3 Å². The number of fused-ring (bicyclic) bond motifs is 5. The normalized spacial score (nSPS) is 22.4. The Bertz CT molecular complexity index is 1340. The van der Waals surface area contributed by atoms with E-state index in [1.54, 1.807) is 48.5 Å². The van der Waals surface area contributed by atoms with Crippen LogP contribution in [0.2, 0.25) is 0 Å². The Morgan fingerprint density at radius 2 is 1.79 bits per heavy atom. The first-order valence-corrected chi connectivity index (χ1v) is 10.5. The molecule has 2 aliphatic rings. The molecule has 0 radical (unpaired) electrons. The molecular formula is C25H20N2O6. The van der Waals surface area contributed by atoms with E-state index in [1.165, 1.54) is 18.2 Å². The van der Waals surface area contributed by atoms with E-state index in [9.17, 15) is 24.8 Å². The van der Waals surface area contributed by atoms with Crippen molar-refractivity contribution in [1.29, 1.82) is 0 Å². The number of benzene rings is 3. The predicted octanol–water partition coefficient (Wildman–Crippen LogP) is 3.78. The molecule has 0 fully saturated rings. The van der Waals surface area contributed by atoms with Gasteiger partial charge in [0.1, 0.15) is 11.3 Å². The molecule has 0 saturated heterocycles. The van der Waals surface area contributed by atoms with Crippen molar-refractivity contribution in [3.8, 4) is 5.75 Å². The van der Waals surface area contributed by atoms with Gasteiger partial charge in [-0.2, -0.15) is 0 Å². The van der Waals surface area contributed by atoms with Crippen LogP contribution >= 0.6 is 0 Å². The molecule has 1 amide bonds. The smallest absolute Gasteiger partial charge is 0.280 e. The van der Waals surface area contributed by atoms with Crippen LogP contribution < -0.4 is 10.1 Å². The zero-order chi connectivity index (χ0) is 23.5. The average Bonchev–Trinajstić information content (AvgIpc) is 3.16. The molecule has 2 N–H and O–H groups in total. The fourth-order valence-electron chi connectivity index (χ4n) is 4.69. The number of Topliss-reactive ketones (excluding diaryl/α,β-unsaturated/α-hetero) is 1. The number of amides is 1. The Morgan fingerprint density at radius 3 is 2.45 bits per heavy atom. The van der Waals surface area contributed by atoms with Crippen LogP contribution in [0, 0.1) is 10.1 Å². The largest absolute Gasteiger partial charge is 0.454 e. The van der Waals surface area contributed by atoms with Gasteiger partial charge in [-0.25, -0.2) is 0 Å². The van der Waals surface area contributed by atoms with Crippen molar-refractivity contribution >= 4 is 17.4 Å². The Kier molecular flexibility index (Phi) is 4.41. The lowest BCUT2D eigenvalue weighted by molar-refractivity contribution is -0.385. The number of nitro benzene ring substituents is 1. The summed E-state index contributed by atoms with van der Waals surface area (Å²) in [5, 5.41) is 26.3. The maximum Gasteiger partial charge on any atom is 0.280 e. The van der Waals surface area contributed by atoms with Gasteiger partial charge in [0, 0.05) is 22.8 Å². The molecule has 5 rings (SSSR count). The number of nitrogens with one attached hydrogen (secondary N) is 1. The molecule has 1 aliphatic carbocycles. The van der Waals surface area contributed by atoms with Gasteiger partial charge in [-0.05, 0) is 29.7 Å². The van der Waals surface area contributed by atoms with Gasteiger partial charge in [0.25, 0.3) is 17.4 Å². The van der Waals surface area contributed by atoms with Crippen LogP contribution in [0.25, 0.3) is 0 Å². The molecule has 0 saturated carbocycles. The summed E-state index contributed by atoms with van der Waals surface area (Å²) in [6.07, 6.45) is 0. The SMILES string of the molecule is CC(C)c1ccc2c(c1)OC1(O)c3cccc([N+](=O)[O-])c3C(=O)C21NC(=O)c1ccccc1. The number of ether oxygens (including phenoxy) is 1. The van der Waals surface area contributed by atoms with Gasteiger partial charge in [0.05, 0.1) is 4.92 Å². The van der Waals surface area contributed by atoms with Crippen LogP contribution in [0.15, 0.2) is 66.7 Å². The quantitative estimate of drug-likeness (QED) is 0.467. The molecule has 33 heavy (non-hydrogen) atoms. The molecule has 3 aromatic rings. The van der Waals surface area contributed by atoms with E-state index >= 15 is 0 Å². The minimum absolute atomic E-state index is 0.0580. The molecule has 1 aliphatic heterocycles. The highest BCUT2D eigenvalue weighted by Gasteiger charge is 2.73. The summed E-state index contributed by atoms with van der Waals surface area (Å²) in [5.41, 5.74) is -1.46. The molecule has 166 valence electrons. The summed E-state index contributed by atoms with van der Waals surface area (Å²) in [5.74, 6) is -3.39. The summed E-state index contributed by atoms with van der Waals surface area (Å²) in [6.45, 7) is 3.98. The van der Waals surface area contributed by atoms with E-state index < -0.39 is 33.6 Å². The average molecular weight is 444 g/mol. The number of ketones is 1. The third-order valence-corrected chi connectivity index (χ3v) is 6.35. The van der Waals surface area contributed by atoms with Gasteiger partial charge in [-0.3, -0.25) is 19.7 Å². The monoisotopic (exact) mass is 444 g/mol. The number of carbonyl (C=O) groups excluding carboxylic acids is 2. The van der Waals surface area contributed by atoms with E-state index in [4.69, 9.17) is 4.74 Å². The third kappa shape index (κ3) is 2.67. The first kappa shape index (κ1) is 20.8. The first-order valence-electron chi connectivity index (χ1n) is 10.5. The van der Waals surface area contributed by atoms with Gasteiger partial charge in [-0.1, -0.05) is 56.3 Å². The van der Waals surface area contributed by atoms with Crippen molar-refractivity contribution in [2.45, 2.75) is 31.1 Å². The zero-order valence-corrected chi connectivity index (χ0v) is 17.9. The second kappa shape index (κ2) is 6.98. The van der Waals surface area contributed by atoms with Crippen LogP contribution in [-0.2, 0) is 11.3 Å². The summed E-state index contributed by atoms with van der Waals surface area (Å²) in [4.78, 5) is 38.1. The van der Waals surface area contributed by atoms with E-state index in [1.807, 2.05) is 13.8 Å². The lowest BCUT2D eigenvalue weighted by Gasteiger charge is -2.34. The topological polar surface area (TPSA) is 119 Å². The Labute approximate surface area is 189 Å². The fraction of sp³-hybridized carbons (Fsp3) is 0.200. The van der Waals surface area contributed by atoms with Crippen LogP contribution in [-0.4, -0.2) is 21.7 Å². The van der Waals surface area contributed by atoms with Gasteiger partial charge < -0.3 is 15.2 Å².